The fourth-order valence-electron chi connectivity index (χ4n) is 2.46. The fraction of sp³-hybridized carbons (Fsp3) is 0.438. The summed E-state index contributed by atoms with van der Waals surface area (Å²) in [6, 6.07) is 3.73. The van der Waals surface area contributed by atoms with Crippen LogP contribution in [0.2, 0.25) is 0 Å². The average molecular weight is 317 g/mol. The van der Waals surface area contributed by atoms with Crippen molar-refractivity contribution in [2.75, 3.05) is 13.2 Å². The van der Waals surface area contributed by atoms with Crippen molar-refractivity contribution in [2.45, 2.75) is 32.2 Å². The summed E-state index contributed by atoms with van der Waals surface area (Å²) in [5.41, 5.74) is 1.94. The first-order valence-electron chi connectivity index (χ1n) is 7.45. The van der Waals surface area contributed by atoms with Crippen molar-refractivity contribution >= 4 is 17.2 Å². The summed E-state index contributed by atoms with van der Waals surface area (Å²) in [4.78, 5) is 21.7. The van der Waals surface area contributed by atoms with E-state index in [1.165, 1.54) is 11.3 Å². The number of carbonyl (C=O) groups excluding carboxylic acids is 1. The Morgan fingerprint density at radius 1 is 1.55 bits per heavy atom. The van der Waals surface area contributed by atoms with Crippen molar-refractivity contribution in [3.05, 3.63) is 45.7 Å². The minimum Gasteiger partial charge on any atom is -0.381 e. The third kappa shape index (κ3) is 3.69. The van der Waals surface area contributed by atoms with Gasteiger partial charge in [-0.05, 0) is 42.8 Å². The molecule has 1 saturated heterocycles. The Balaban J connectivity index is 1.61. The lowest BCUT2D eigenvalue weighted by atomic mass is 10.0. The van der Waals surface area contributed by atoms with Crippen molar-refractivity contribution in [1.82, 2.24) is 15.3 Å². The molecule has 0 bridgehead atoms. The molecule has 1 atom stereocenters. The van der Waals surface area contributed by atoms with Crippen molar-refractivity contribution in [3.63, 3.8) is 0 Å². The largest absolute Gasteiger partial charge is 0.381 e. The van der Waals surface area contributed by atoms with E-state index in [1.807, 2.05) is 24.4 Å². The molecule has 1 N–H and O–H groups in total. The zero-order chi connectivity index (χ0) is 15.4. The first-order valence-corrected chi connectivity index (χ1v) is 8.33. The molecule has 0 radical (unpaired) electrons. The van der Waals surface area contributed by atoms with Gasteiger partial charge in [0.1, 0.15) is 5.82 Å². The highest BCUT2D eigenvalue weighted by Crippen LogP contribution is 2.22. The van der Waals surface area contributed by atoms with Crippen LogP contribution in [0.5, 0.6) is 0 Å². The Kier molecular flexibility index (Phi) is 4.80. The highest BCUT2D eigenvalue weighted by molar-refractivity contribution is 7.12. The van der Waals surface area contributed by atoms with Gasteiger partial charge in [-0.2, -0.15) is 0 Å². The van der Waals surface area contributed by atoms with Gasteiger partial charge < -0.3 is 10.1 Å². The van der Waals surface area contributed by atoms with E-state index in [0.29, 0.717) is 13.2 Å². The molecule has 1 aliphatic rings. The number of aromatic nitrogens is 2. The van der Waals surface area contributed by atoms with Gasteiger partial charge in [-0.25, -0.2) is 9.97 Å². The standard InChI is InChI=1S/C16H19N3O2S/c1-11-7-14(22-10-11)16(20)18-8-13-4-5-17-15(19-13)12-3-2-6-21-9-12/h4-5,7,10,12H,2-3,6,8-9H2,1H3,(H,18,20)/t12-/m0/s1. The van der Waals surface area contributed by atoms with Crippen LogP contribution in [0.15, 0.2) is 23.7 Å². The number of amides is 1. The molecule has 3 rings (SSSR count). The molecule has 0 unspecified atom stereocenters. The Morgan fingerprint density at radius 2 is 2.45 bits per heavy atom. The Labute approximate surface area is 133 Å². The number of rotatable bonds is 4. The molecule has 1 aliphatic heterocycles. The molecule has 2 aromatic heterocycles. The maximum absolute atomic E-state index is 12.1. The van der Waals surface area contributed by atoms with E-state index in [1.54, 1.807) is 6.20 Å². The lowest BCUT2D eigenvalue weighted by Crippen LogP contribution is -2.23. The van der Waals surface area contributed by atoms with Crippen LogP contribution in [-0.2, 0) is 11.3 Å². The molecule has 2 aromatic rings. The van der Waals surface area contributed by atoms with Crippen molar-refractivity contribution < 1.29 is 9.53 Å². The summed E-state index contributed by atoms with van der Waals surface area (Å²) in [5, 5.41) is 4.88. The van der Waals surface area contributed by atoms with Crippen molar-refractivity contribution in [3.8, 4) is 0 Å². The van der Waals surface area contributed by atoms with Gasteiger partial charge in [-0.3, -0.25) is 4.79 Å². The molecule has 5 nitrogen and oxygen atoms in total. The quantitative estimate of drug-likeness (QED) is 0.941. The summed E-state index contributed by atoms with van der Waals surface area (Å²) in [6.45, 7) is 3.91. The van der Waals surface area contributed by atoms with E-state index < -0.39 is 0 Å². The number of nitrogens with one attached hydrogen (secondary N) is 1. The summed E-state index contributed by atoms with van der Waals surface area (Å²) in [6.07, 6.45) is 3.87. The van der Waals surface area contributed by atoms with Gasteiger partial charge in [0.2, 0.25) is 0 Å². The number of aryl methyl sites for hydroxylation is 1. The summed E-state index contributed by atoms with van der Waals surface area (Å²) in [7, 11) is 0. The monoisotopic (exact) mass is 317 g/mol. The second-order valence-electron chi connectivity index (χ2n) is 5.49. The first-order chi connectivity index (χ1) is 10.7. The lowest BCUT2D eigenvalue weighted by molar-refractivity contribution is 0.0779. The van der Waals surface area contributed by atoms with E-state index in [2.05, 4.69) is 15.3 Å². The van der Waals surface area contributed by atoms with E-state index in [0.717, 1.165) is 41.4 Å². The molecule has 3 heterocycles. The molecule has 0 aromatic carbocycles. The van der Waals surface area contributed by atoms with Crippen LogP contribution >= 0.6 is 11.3 Å². The number of hydrogen-bond acceptors (Lipinski definition) is 5. The maximum Gasteiger partial charge on any atom is 0.261 e. The normalized spacial score (nSPS) is 18.1. The van der Waals surface area contributed by atoms with Crippen LogP contribution in [0.25, 0.3) is 0 Å². The molecule has 1 amide bonds. The van der Waals surface area contributed by atoms with Crippen molar-refractivity contribution in [1.29, 1.82) is 0 Å². The number of nitrogens with zero attached hydrogens (tertiary/aromatic N) is 2. The second kappa shape index (κ2) is 6.98. The summed E-state index contributed by atoms with van der Waals surface area (Å²) >= 11 is 1.46. The lowest BCUT2D eigenvalue weighted by Gasteiger charge is -2.20. The molecule has 6 heteroatoms. The van der Waals surface area contributed by atoms with Crippen LogP contribution in [0.3, 0.4) is 0 Å². The Bertz CT molecular complexity index is 650. The number of thiophene rings is 1. The molecule has 22 heavy (non-hydrogen) atoms. The number of ether oxygens (including phenoxy) is 1. The van der Waals surface area contributed by atoms with Crippen LogP contribution in [-0.4, -0.2) is 29.1 Å². The van der Waals surface area contributed by atoms with E-state index in [-0.39, 0.29) is 11.8 Å². The Morgan fingerprint density at radius 3 is 3.18 bits per heavy atom. The van der Waals surface area contributed by atoms with Crippen LogP contribution < -0.4 is 5.32 Å². The third-order valence-electron chi connectivity index (χ3n) is 3.64. The van der Waals surface area contributed by atoms with Crippen LogP contribution in [0.1, 0.15) is 45.5 Å². The zero-order valence-corrected chi connectivity index (χ0v) is 13.4. The molecule has 0 aliphatic carbocycles. The summed E-state index contributed by atoms with van der Waals surface area (Å²) in [5.74, 6) is 1.03. The SMILES string of the molecule is Cc1csc(C(=O)NCc2ccnc([C@H]3CCCOC3)n2)c1. The third-order valence-corrected chi connectivity index (χ3v) is 4.69. The Hall–Kier alpha value is -1.79. The zero-order valence-electron chi connectivity index (χ0n) is 12.5. The molecule has 116 valence electrons. The molecular weight excluding hydrogens is 298 g/mol. The highest BCUT2D eigenvalue weighted by Gasteiger charge is 2.19. The highest BCUT2D eigenvalue weighted by atomic mass is 32.1. The van der Waals surface area contributed by atoms with E-state index in [9.17, 15) is 4.79 Å². The fourth-order valence-corrected chi connectivity index (χ4v) is 3.27. The predicted octanol–water partition coefficient (Wildman–Crippen LogP) is 2.67. The van der Waals surface area contributed by atoms with Crippen molar-refractivity contribution in [2.24, 2.45) is 0 Å². The van der Waals surface area contributed by atoms with Crippen LogP contribution in [0, 0.1) is 6.92 Å². The topological polar surface area (TPSA) is 64.1 Å². The second-order valence-corrected chi connectivity index (χ2v) is 6.40. The smallest absolute Gasteiger partial charge is 0.261 e. The maximum atomic E-state index is 12.1. The van der Waals surface area contributed by atoms with Gasteiger partial charge in [0.25, 0.3) is 5.91 Å². The van der Waals surface area contributed by atoms with Gasteiger partial charge in [-0.1, -0.05) is 0 Å². The summed E-state index contributed by atoms with van der Waals surface area (Å²) < 4.78 is 5.49. The van der Waals surface area contributed by atoms with Gasteiger partial charge in [0.05, 0.1) is 23.7 Å². The van der Waals surface area contributed by atoms with Gasteiger partial charge in [-0.15, -0.1) is 11.3 Å². The van der Waals surface area contributed by atoms with E-state index >= 15 is 0 Å². The molecule has 0 spiro atoms. The predicted molar refractivity (Wildman–Crippen MR) is 85.1 cm³/mol. The minimum absolute atomic E-state index is 0.0562. The number of hydrogen-bond donors (Lipinski definition) is 1. The molecule has 0 saturated carbocycles. The number of carbonyl (C=O) groups is 1. The van der Waals surface area contributed by atoms with Crippen LogP contribution in [0.4, 0.5) is 0 Å². The first kappa shape index (κ1) is 15.1. The van der Waals surface area contributed by atoms with Gasteiger partial charge in [0.15, 0.2) is 0 Å². The van der Waals surface area contributed by atoms with E-state index in [4.69, 9.17) is 4.74 Å². The average Bonchev–Trinajstić information content (AvgIpc) is 3.00. The minimum atomic E-state index is -0.0562. The van der Waals surface area contributed by atoms with Gasteiger partial charge >= 0.3 is 0 Å². The molecular formula is C16H19N3O2S. The van der Waals surface area contributed by atoms with Gasteiger partial charge in [0, 0.05) is 18.7 Å². The molecule has 1 fully saturated rings.